The molecule has 6 atom stereocenters. The number of fused-ring (bicyclic) bond motifs is 2. The Bertz CT molecular complexity index is 729. The van der Waals surface area contributed by atoms with Crippen LogP contribution in [-0.4, -0.2) is 6.71 Å². The molecule has 0 aromatic heterocycles. The van der Waals surface area contributed by atoms with E-state index in [0.717, 1.165) is 47.8 Å². The van der Waals surface area contributed by atoms with Gasteiger partial charge in [0.2, 0.25) is 0 Å². The van der Waals surface area contributed by atoms with Crippen LogP contribution >= 0.6 is 0 Å². The number of rotatable bonds is 2. The summed E-state index contributed by atoms with van der Waals surface area (Å²) in [6, 6.07) is 0. The van der Waals surface area contributed by atoms with Crippen LogP contribution in [0.3, 0.4) is 0 Å². The van der Waals surface area contributed by atoms with E-state index in [-0.39, 0.29) is 0 Å². The minimum absolute atomic E-state index is 1.03. The molecule has 43 heavy (non-hydrogen) atoms. The highest BCUT2D eigenvalue weighted by Gasteiger charge is 2.54. The minimum Gasteiger partial charge on any atom is -0.0885 e. The lowest BCUT2D eigenvalue weighted by molar-refractivity contribution is 0.0732. The second-order valence-corrected chi connectivity index (χ2v) is 16.8. The molecule has 5 rings (SSSR count). The average molecular weight is 591 g/mol. The van der Waals surface area contributed by atoms with E-state index in [1.165, 1.54) is 122 Å². The van der Waals surface area contributed by atoms with Crippen LogP contribution in [0.5, 0.6) is 0 Å². The third kappa shape index (κ3) is 10.7. The second-order valence-electron chi connectivity index (χ2n) is 16.8. The molecule has 0 bridgehead atoms. The van der Waals surface area contributed by atoms with Crippen LogP contribution in [0.2, 0.25) is 17.5 Å². The highest BCUT2D eigenvalue weighted by molar-refractivity contribution is 6.64. The molecular weight excluding hydrogens is 515 g/mol. The second kappa shape index (κ2) is 20.1. The summed E-state index contributed by atoms with van der Waals surface area (Å²) in [7, 11) is 0. The Kier molecular flexibility index (Phi) is 16.0. The van der Waals surface area contributed by atoms with E-state index in [4.69, 9.17) is 0 Å². The van der Waals surface area contributed by atoms with Gasteiger partial charge in [-0.25, -0.2) is 0 Å². The van der Waals surface area contributed by atoms with Gasteiger partial charge in [-0.2, -0.15) is 0 Å². The zero-order valence-electron chi connectivity index (χ0n) is 29.1. The van der Waals surface area contributed by atoms with E-state index >= 15 is 0 Å². The predicted octanol–water partition coefficient (Wildman–Crippen LogP) is 14.6. The fourth-order valence-electron chi connectivity index (χ4n) is 12.1. The van der Waals surface area contributed by atoms with Gasteiger partial charge < -0.3 is 0 Å². The Labute approximate surface area is 271 Å². The highest BCUT2D eigenvalue weighted by atomic mass is 14.5. The van der Waals surface area contributed by atoms with E-state index in [2.05, 4.69) is 12.2 Å². The van der Waals surface area contributed by atoms with Gasteiger partial charge in [0.1, 0.15) is 6.71 Å². The molecule has 1 saturated heterocycles. The Hall–Kier alpha value is -0.195. The summed E-state index contributed by atoms with van der Waals surface area (Å²) in [6.45, 7) is 1.07. The zero-order valence-corrected chi connectivity index (χ0v) is 29.1. The molecule has 0 N–H and O–H groups in total. The maximum atomic E-state index is 2.55. The van der Waals surface area contributed by atoms with Gasteiger partial charge in [0.25, 0.3) is 0 Å². The lowest BCUT2D eigenvalue weighted by Crippen LogP contribution is -2.51. The molecule has 0 radical (unpaired) electrons. The van der Waals surface area contributed by atoms with Crippen LogP contribution in [0.25, 0.3) is 0 Å². The van der Waals surface area contributed by atoms with Crippen molar-refractivity contribution in [3.8, 4) is 0 Å². The van der Waals surface area contributed by atoms with Crippen LogP contribution in [-0.2, 0) is 0 Å². The first-order valence-electron chi connectivity index (χ1n) is 21.1. The van der Waals surface area contributed by atoms with E-state index in [1.54, 1.807) is 89.9 Å². The van der Waals surface area contributed by atoms with E-state index < -0.39 is 0 Å². The molecular formula is C42H75B. The molecule has 5 aliphatic rings. The van der Waals surface area contributed by atoms with Gasteiger partial charge in [0, 0.05) is 0 Å². The highest BCUT2D eigenvalue weighted by Crippen LogP contribution is 2.61. The first kappa shape index (κ1) is 34.1. The normalized spacial score (nSPS) is 36.3. The molecule has 3 saturated carbocycles. The molecule has 0 spiro atoms. The van der Waals surface area contributed by atoms with Crippen molar-refractivity contribution >= 4 is 6.71 Å². The SMILES string of the molecule is C1=CCCCC(B2C3CCCCCCCCC3C(C3CCCCCCCCCCC3)C3CCCCCCCC23)CCCC1. The summed E-state index contributed by atoms with van der Waals surface area (Å²) < 4.78 is 0. The van der Waals surface area contributed by atoms with Crippen molar-refractivity contribution in [3.63, 3.8) is 0 Å². The molecule has 0 aromatic rings. The fraction of sp³-hybridized carbons (Fsp3) is 0.952. The van der Waals surface area contributed by atoms with Crippen molar-refractivity contribution in [2.75, 3.05) is 0 Å². The summed E-state index contributed by atoms with van der Waals surface area (Å²) in [5.41, 5.74) is 0. The van der Waals surface area contributed by atoms with Gasteiger partial charge >= 0.3 is 0 Å². The Balaban J connectivity index is 1.49. The van der Waals surface area contributed by atoms with Crippen LogP contribution in [0.1, 0.15) is 212 Å². The molecule has 0 amide bonds. The average Bonchev–Trinajstić information content (AvgIpc) is 3.14. The van der Waals surface area contributed by atoms with Crippen molar-refractivity contribution in [2.45, 2.75) is 229 Å². The van der Waals surface area contributed by atoms with Gasteiger partial charge in [-0.3, -0.25) is 0 Å². The Morgan fingerprint density at radius 3 is 1.21 bits per heavy atom. The van der Waals surface area contributed by atoms with Gasteiger partial charge in [-0.1, -0.05) is 222 Å². The van der Waals surface area contributed by atoms with E-state index in [9.17, 15) is 0 Å². The maximum Gasteiger partial charge on any atom is 0.150 e. The van der Waals surface area contributed by atoms with Crippen LogP contribution < -0.4 is 0 Å². The van der Waals surface area contributed by atoms with Crippen LogP contribution in [0, 0.1) is 23.7 Å². The molecule has 0 nitrogen and oxygen atoms in total. The van der Waals surface area contributed by atoms with Crippen molar-refractivity contribution < 1.29 is 0 Å². The largest absolute Gasteiger partial charge is 0.150 e. The van der Waals surface area contributed by atoms with Crippen molar-refractivity contribution in [1.82, 2.24) is 0 Å². The molecule has 4 fully saturated rings. The predicted molar refractivity (Wildman–Crippen MR) is 192 cm³/mol. The fourth-order valence-corrected chi connectivity index (χ4v) is 12.1. The monoisotopic (exact) mass is 591 g/mol. The molecule has 246 valence electrons. The van der Waals surface area contributed by atoms with Gasteiger partial charge in [-0.05, 0) is 42.9 Å². The zero-order chi connectivity index (χ0) is 29.4. The quantitative estimate of drug-likeness (QED) is 0.222. The first-order valence-corrected chi connectivity index (χ1v) is 21.1. The summed E-state index contributed by atoms with van der Waals surface area (Å²) in [6.07, 6.45) is 55.7. The van der Waals surface area contributed by atoms with Gasteiger partial charge in [-0.15, -0.1) is 0 Å². The van der Waals surface area contributed by atoms with Gasteiger partial charge in [0.05, 0.1) is 0 Å². The van der Waals surface area contributed by atoms with E-state index in [0.29, 0.717) is 0 Å². The first-order chi connectivity index (χ1) is 21.4. The summed E-state index contributed by atoms with van der Waals surface area (Å²) in [5.74, 6) is 7.44. The maximum absolute atomic E-state index is 2.55. The minimum atomic E-state index is 1.03. The molecule has 1 heteroatoms. The molecule has 6 unspecified atom stereocenters. The summed E-state index contributed by atoms with van der Waals surface area (Å²) in [4.78, 5) is 0. The van der Waals surface area contributed by atoms with Crippen molar-refractivity contribution in [3.05, 3.63) is 12.2 Å². The lowest BCUT2D eigenvalue weighted by atomic mass is 9.18. The van der Waals surface area contributed by atoms with Crippen LogP contribution in [0.15, 0.2) is 12.2 Å². The number of hydrogen-bond donors (Lipinski definition) is 0. The summed E-state index contributed by atoms with van der Waals surface area (Å²) in [5, 5.41) is 0. The molecule has 1 heterocycles. The molecule has 4 aliphatic carbocycles. The lowest BCUT2D eigenvalue weighted by Gasteiger charge is -2.56. The number of hydrogen-bond acceptors (Lipinski definition) is 0. The number of allylic oxidation sites excluding steroid dienone is 2. The molecule has 0 aromatic carbocycles. The standard InChI is InChI=1S/C42H75B/c1-2-5-12-20-28-36(29-21-13-6-3-1)42-38-32-24-16-9-10-18-26-34-40(38)43(37-30-22-14-7-4-8-15-23-31-37)41-35-27-19-11-17-25-33-39(41)42/h4,7,36-42H,1-3,5-6,8-35H2. The van der Waals surface area contributed by atoms with Crippen LogP contribution in [0.4, 0.5) is 0 Å². The van der Waals surface area contributed by atoms with Crippen molar-refractivity contribution in [1.29, 1.82) is 0 Å². The Morgan fingerprint density at radius 1 is 0.326 bits per heavy atom. The smallest absolute Gasteiger partial charge is 0.0885 e. The Morgan fingerprint density at radius 2 is 0.698 bits per heavy atom. The topological polar surface area (TPSA) is 0 Å². The molecule has 1 aliphatic heterocycles. The van der Waals surface area contributed by atoms with Crippen molar-refractivity contribution in [2.24, 2.45) is 23.7 Å². The third-order valence-electron chi connectivity index (χ3n) is 14.0. The summed E-state index contributed by atoms with van der Waals surface area (Å²) >= 11 is 0. The van der Waals surface area contributed by atoms with E-state index in [1.807, 2.05) is 0 Å². The van der Waals surface area contributed by atoms with Gasteiger partial charge in [0.15, 0.2) is 0 Å². The third-order valence-corrected chi connectivity index (χ3v) is 14.0.